The first kappa shape index (κ1) is 28.8. The highest BCUT2D eigenvalue weighted by molar-refractivity contribution is 5.98. The molecular formula is C30H46N2O6. The maximum absolute atomic E-state index is 14.4. The number of carbonyl (C=O) groups excluding carboxylic acids is 3. The number of hydrogen-bond acceptors (Lipinski definition) is 6. The molecule has 4 fully saturated rings. The average molecular weight is 531 g/mol. The summed E-state index contributed by atoms with van der Waals surface area (Å²) in [5.41, 5.74) is -1.87. The molecule has 0 aromatic carbocycles. The first-order chi connectivity index (χ1) is 18.3. The zero-order valence-corrected chi connectivity index (χ0v) is 23.1. The topological polar surface area (TPSA) is 96.4 Å². The second kappa shape index (κ2) is 12.3. The Hall–Kier alpha value is -2.19. The van der Waals surface area contributed by atoms with Crippen LogP contribution in [0.4, 0.5) is 0 Å². The molecule has 4 rings (SSSR count). The number of ether oxygens (including phenoxy) is 2. The number of aliphatic hydroxyl groups excluding tert-OH is 1. The molecule has 3 saturated heterocycles. The van der Waals surface area contributed by atoms with E-state index in [0.29, 0.717) is 45.4 Å². The van der Waals surface area contributed by atoms with E-state index in [0.717, 1.165) is 44.9 Å². The number of aliphatic hydroxyl groups is 1. The monoisotopic (exact) mass is 530 g/mol. The standard InChI is InChI=1S/C30H46N2O6/c1-4-6-7-13-21-37-28(36)24-23-26(34)32(19-11-12-20-33)25(30(23)17-16-29(24,3)38-30)27(35)31(18-5-2)22-14-9-8-10-15-22/h4-5,22-25,33H,1-2,6-21H2,3H3/t23-,24+,25?,29-,30?/m0/s1. The van der Waals surface area contributed by atoms with E-state index in [1.165, 1.54) is 6.42 Å². The quantitative estimate of drug-likeness (QED) is 0.209. The molecule has 2 bridgehead atoms. The minimum absolute atomic E-state index is 0.0231. The summed E-state index contributed by atoms with van der Waals surface area (Å²) < 4.78 is 12.4. The smallest absolute Gasteiger partial charge is 0.312 e. The fourth-order valence-electron chi connectivity index (χ4n) is 7.46. The fraction of sp³-hybridized carbons (Fsp3) is 0.767. The number of fused-ring (bicyclic) bond motifs is 1. The molecule has 0 aromatic heterocycles. The lowest BCUT2D eigenvalue weighted by molar-refractivity contribution is -0.160. The van der Waals surface area contributed by atoms with Crippen molar-refractivity contribution in [2.45, 2.75) is 107 Å². The Kier molecular flexibility index (Phi) is 9.35. The first-order valence-electron chi connectivity index (χ1n) is 14.6. The van der Waals surface area contributed by atoms with Gasteiger partial charge in [0, 0.05) is 25.7 Å². The molecule has 3 aliphatic heterocycles. The van der Waals surface area contributed by atoms with Gasteiger partial charge in [-0.2, -0.15) is 0 Å². The minimum Gasteiger partial charge on any atom is -0.465 e. The number of likely N-dealkylation sites (tertiary alicyclic amines) is 1. The molecule has 212 valence electrons. The molecule has 5 atom stereocenters. The van der Waals surface area contributed by atoms with Crippen molar-refractivity contribution in [3.05, 3.63) is 25.3 Å². The number of allylic oxidation sites excluding steroid dienone is 1. The third-order valence-corrected chi connectivity index (χ3v) is 9.24. The van der Waals surface area contributed by atoms with Crippen molar-refractivity contribution in [3.8, 4) is 0 Å². The zero-order chi connectivity index (χ0) is 27.3. The lowest BCUT2D eigenvalue weighted by Crippen LogP contribution is -2.58. The van der Waals surface area contributed by atoms with Crippen molar-refractivity contribution in [2.24, 2.45) is 11.8 Å². The molecule has 3 heterocycles. The van der Waals surface area contributed by atoms with Gasteiger partial charge in [0.2, 0.25) is 11.8 Å². The van der Waals surface area contributed by atoms with Gasteiger partial charge in [-0.25, -0.2) is 0 Å². The third-order valence-electron chi connectivity index (χ3n) is 9.24. The first-order valence-corrected chi connectivity index (χ1v) is 14.6. The Balaban J connectivity index is 1.63. The largest absolute Gasteiger partial charge is 0.465 e. The molecule has 38 heavy (non-hydrogen) atoms. The number of nitrogens with zero attached hydrogens (tertiary/aromatic N) is 2. The van der Waals surface area contributed by atoms with Gasteiger partial charge in [-0.15, -0.1) is 13.2 Å². The molecule has 4 aliphatic rings. The Labute approximate surface area is 227 Å². The Morgan fingerprint density at radius 1 is 1.13 bits per heavy atom. The average Bonchev–Trinajstić information content (AvgIpc) is 3.48. The van der Waals surface area contributed by atoms with Crippen molar-refractivity contribution in [3.63, 3.8) is 0 Å². The Bertz CT molecular complexity index is 901. The van der Waals surface area contributed by atoms with Crippen LogP contribution in [0, 0.1) is 11.8 Å². The number of rotatable bonds is 14. The van der Waals surface area contributed by atoms with Gasteiger partial charge in [0.15, 0.2) is 0 Å². The molecule has 1 N–H and O–H groups in total. The van der Waals surface area contributed by atoms with E-state index in [9.17, 15) is 19.5 Å². The van der Waals surface area contributed by atoms with Crippen molar-refractivity contribution < 1.29 is 29.0 Å². The molecule has 0 aromatic rings. The summed E-state index contributed by atoms with van der Waals surface area (Å²) >= 11 is 0. The summed E-state index contributed by atoms with van der Waals surface area (Å²) in [5, 5.41) is 9.38. The van der Waals surface area contributed by atoms with Crippen LogP contribution in [0.15, 0.2) is 25.3 Å². The van der Waals surface area contributed by atoms with E-state index in [1.54, 1.807) is 11.0 Å². The van der Waals surface area contributed by atoms with Gasteiger partial charge in [0.25, 0.3) is 0 Å². The van der Waals surface area contributed by atoms with Crippen molar-refractivity contribution in [1.29, 1.82) is 0 Å². The van der Waals surface area contributed by atoms with Gasteiger partial charge >= 0.3 is 5.97 Å². The van der Waals surface area contributed by atoms with Crippen LogP contribution in [0.2, 0.25) is 0 Å². The molecule has 1 spiro atoms. The van der Waals surface area contributed by atoms with Gasteiger partial charge in [-0.1, -0.05) is 31.4 Å². The molecule has 1 aliphatic carbocycles. The predicted octanol–water partition coefficient (Wildman–Crippen LogP) is 3.77. The molecule has 8 nitrogen and oxygen atoms in total. The van der Waals surface area contributed by atoms with Crippen molar-refractivity contribution in [2.75, 3.05) is 26.3 Å². The normalized spacial score (nSPS) is 32.3. The van der Waals surface area contributed by atoms with Crippen LogP contribution in [0.3, 0.4) is 0 Å². The summed E-state index contributed by atoms with van der Waals surface area (Å²) in [7, 11) is 0. The number of carbonyl (C=O) groups is 3. The molecule has 2 unspecified atom stereocenters. The summed E-state index contributed by atoms with van der Waals surface area (Å²) in [6, 6.07) is -0.669. The number of esters is 1. The fourth-order valence-corrected chi connectivity index (χ4v) is 7.46. The van der Waals surface area contributed by atoms with Crippen LogP contribution >= 0.6 is 0 Å². The van der Waals surface area contributed by atoms with Gasteiger partial charge in [0.1, 0.15) is 17.6 Å². The second-order valence-electron chi connectivity index (χ2n) is 11.7. The van der Waals surface area contributed by atoms with Gasteiger partial charge in [0.05, 0.1) is 18.1 Å². The number of hydrogen-bond donors (Lipinski definition) is 1. The Morgan fingerprint density at radius 3 is 2.58 bits per heavy atom. The maximum Gasteiger partial charge on any atom is 0.312 e. The summed E-state index contributed by atoms with van der Waals surface area (Å²) in [4.78, 5) is 45.5. The predicted molar refractivity (Wildman–Crippen MR) is 144 cm³/mol. The molecule has 2 amide bonds. The van der Waals surface area contributed by atoms with E-state index < -0.39 is 35.0 Å². The second-order valence-corrected chi connectivity index (χ2v) is 11.7. The highest BCUT2D eigenvalue weighted by Crippen LogP contribution is 2.63. The van der Waals surface area contributed by atoms with E-state index >= 15 is 0 Å². The van der Waals surface area contributed by atoms with Gasteiger partial charge in [-0.05, 0) is 64.7 Å². The Morgan fingerprint density at radius 2 is 1.89 bits per heavy atom. The van der Waals surface area contributed by atoms with Crippen molar-refractivity contribution >= 4 is 17.8 Å². The lowest BCUT2D eigenvalue weighted by Gasteiger charge is -2.40. The minimum atomic E-state index is -1.04. The summed E-state index contributed by atoms with van der Waals surface area (Å²) in [6.07, 6.45) is 13.6. The summed E-state index contributed by atoms with van der Waals surface area (Å²) in [5.74, 6) is -2.16. The zero-order valence-electron chi connectivity index (χ0n) is 23.1. The maximum atomic E-state index is 14.4. The van der Waals surface area contributed by atoms with Gasteiger partial charge in [-0.3, -0.25) is 14.4 Å². The van der Waals surface area contributed by atoms with E-state index in [-0.39, 0.29) is 24.5 Å². The van der Waals surface area contributed by atoms with Crippen LogP contribution in [-0.2, 0) is 23.9 Å². The number of amides is 2. The number of unbranched alkanes of at least 4 members (excludes halogenated alkanes) is 3. The molecular weight excluding hydrogens is 484 g/mol. The SMILES string of the molecule is C=CCCCCOC(=O)[C@H]1[C@H]2C(=O)N(CCCCO)C(C(=O)N(CC=C)C3CCCCC3)C23CC[C@]1(C)O3. The van der Waals surface area contributed by atoms with Crippen LogP contribution in [0.25, 0.3) is 0 Å². The van der Waals surface area contributed by atoms with Crippen LogP contribution in [0.1, 0.15) is 84.0 Å². The molecule has 8 heteroatoms. The van der Waals surface area contributed by atoms with Crippen LogP contribution < -0.4 is 0 Å². The van der Waals surface area contributed by atoms with E-state index in [1.807, 2.05) is 17.9 Å². The van der Waals surface area contributed by atoms with Crippen LogP contribution in [-0.4, -0.2) is 82.3 Å². The highest BCUT2D eigenvalue weighted by Gasteiger charge is 2.78. The van der Waals surface area contributed by atoms with Crippen molar-refractivity contribution in [1.82, 2.24) is 9.80 Å². The third kappa shape index (κ3) is 5.18. The highest BCUT2D eigenvalue weighted by atomic mass is 16.6. The lowest BCUT2D eigenvalue weighted by atomic mass is 9.66. The van der Waals surface area contributed by atoms with Crippen LogP contribution in [0.5, 0.6) is 0 Å². The van der Waals surface area contributed by atoms with Gasteiger partial charge < -0.3 is 24.4 Å². The molecule has 0 radical (unpaired) electrons. The molecule has 1 saturated carbocycles. The van der Waals surface area contributed by atoms with E-state index in [4.69, 9.17) is 9.47 Å². The van der Waals surface area contributed by atoms with E-state index in [2.05, 4.69) is 13.2 Å². The summed E-state index contributed by atoms with van der Waals surface area (Å²) in [6.45, 7) is 10.6.